The van der Waals surface area contributed by atoms with Crippen molar-refractivity contribution < 1.29 is 30.0 Å². The highest BCUT2D eigenvalue weighted by atomic mass is 16.4. The molecule has 0 heterocycles. The van der Waals surface area contributed by atoms with Gasteiger partial charge in [0, 0.05) is 17.4 Å². The van der Waals surface area contributed by atoms with Gasteiger partial charge in [-0.3, -0.25) is 4.79 Å². The molecule has 1 amide bonds. The largest absolute Gasteiger partial charge is 0.479 e. The van der Waals surface area contributed by atoms with E-state index in [4.69, 9.17) is 10.2 Å². The molecule has 0 aromatic heterocycles. The molecule has 5 N–H and O–H groups in total. The van der Waals surface area contributed by atoms with Crippen LogP contribution in [0.3, 0.4) is 0 Å². The predicted octanol–water partition coefficient (Wildman–Crippen LogP) is -1.05. The number of amides is 1. The molecule has 0 unspecified atom stereocenters. The van der Waals surface area contributed by atoms with Crippen LogP contribution in [0, 0.1) is 10.8 Å². The van der Waals surface area contributed by atoms with Crippen LogP contribution < -0.4 is 5.32 Å². The van der Waals surface area contributed by atoms with Crippen molar-refractivity contribution in [2.45, 2.75) is 39.9 Å². The molecule has 0 aliphatic carbocycles. The Balaban J connectivity index is 4.57. The summed E-state index contributed by atoms with van der Waals surface area (Å²) in [7, 11) is 0. The van der Waals surface area contributed by atoms with Crippen LogP contribution in [0.2, 0.25) is 0 Å². The van der Waals surface area contributed by atoms with Crippen LogP contribution in [0.1, 0.15) is 27.7 Å². The number of carboxylic acid groups (broad SMARTS) is 1. The van der Waals surface area contributed by atoms with Gasteiger partial charge in [0.05, 0.1) is 6.61 Å². The van der Waals surface area contributed by atoms with Crippen molar-refractivity contribution in [1.29, 1.82) is 0 Å². The number of nitrogens with one attached hydrogen (secondary N) is 1. The Kier molecular flexibility index (Phi) is 5.92. The quantitative estimate of drug-likeness (QED) is 0.404. The van der Waals surface area contributed by atoms with E-state index in [1.165, 1.54) is 27.7 Å². The number of carbonyl (C=O) groups excluding carboxylic acids is 1. The highest BCUT2D eigenvalue weighted by molar-refractivity contribution is 5.81. The highest BCUT2D eigenvalue weighted by Gasteiger charge is 2.37. The molecule has 2 atom stereocenters. The van der Waals surface area contributed by atoms with Crippen LogP contribution in [0.15, 0.2) is 0 Å². The van der Waals surface area contributed by atoms with E-state index in [0.717, 1.165) is 0 Å². The molecular weight excluding hydrogens is 254 g/mol. The summed E-state index contributed by atoms with van der Waals surface area (Å²) in [5.41, 5.74) is -2.08. The van der Waals surface area contributed by atoms with E-state index in [1.54, 1.807) is 0 Å². The van der Waals surface area contributed by atoms with Crippen LogP contribution in [0.5, 0.6) is 0 Å². The van der Waals surface area contributed by atoms with Crippen molar-refractivity contribution in [3.63, 3.8) is 0 Å². The summed E-state index contributed by atoms with van der Waals surface area (Å²) >= 11 is 0. The van der Waals surface area contributed by atoms with Gasteiger partial charge in [0.15, 0.2) is 6.10 Å². The van der Waals surface area contributed by atoms with E-state index in [2.05, 4.69) is 5.32 Å². The maximum Gasteiger partial charge on any atom is 0.333 e. The van der Waals surface area contributed by atoms with Gasteiger partial charge in [-0.05, 0) is 0 Å². The van der Waals surface area contributed by atoms with Crippen molar-refractivity contribution in [3.05, 3.63) is 0 Å². The fourth-order valence-electron chi connectivity index (χ4n) is 1.28. The van der Waals surface area contributed by atoms with E-state index in [1.807, 2.05) is 0 Å². The summed E-state index contributed by atoms with van der Waals surface area (Å²) in [6, 6.07) is 0. The average molecular weight is 277 g/mol. The predicted molar refractivity (Wildman–Crippen MR) is 67.3 cm³/mol. The molecule has 0 rings (SSSR count). The summed E-state index contributed by atoms with van der Waals surface area (Å²) in [4.78, 5) is 22.4. The van der Waals surface area contributed by atoms with Crippen LogP contribution >= 0.6 is 0 Å². The summed E-state index contributed by atoms with van der Waals surface area (Å²) in [6.45, 7) is 5.52. The minimum atomic E-state index is -1.63. The molecule has 0 spiro atoms. The first-order valence-corrected chi connectivity index (χ1v) is 5.93. The third-order valence-corrected chi connectivity index (χ3v) is 3.09. The number of hydrogen-bond donors (Lipinski definition) is 5. The zero-order valence-corrected chi connectivity index (χ0v) is 11.7. The first kappa shape index (κ1) is 17.8. The second-order valence-corrected chi connectivity index (χ2v) is 6.00. The molecule has 0 fully saturated rings. The van der Waals surface area contributed by atoms with E-state index >= 15 is 0 Å². The summed E-state index contributed by atoms with van der Waals surface area (Å²) in [5, 5.41) is 39.3. The Hall–Kier alpha value is -1.18. The van der Waals surface area contributed by atoms with Gasteiger partial charge < -0.3 is 25.7 Å². The maximum absolute atomic E-state index is 11.7. The summed E-state index contributed by atoms with van der Waals surface area (Å²) in [5.74, 6) is -2.10. The molecule has 7 heteroatoms. The maximum atomic E-state index is 11.7. The number of rotatable bonds is 7. The molecule has 7 nitrogen and oxygen atoms in total. The Morgan fingerprint density at radius 3 is 1.89 bits per heavy atom. The second kappa shape index (κ2) is 6.31. The molecule has 0 aromatic rings. The molecule has 19 heavy (non-hydrogen) atoms. The first-order chi connectivity index (χ1) is 8.45. The van der Waals surface area contributed by atoms with E-state index in [0.29, 0.717) is 0 Å². The number of aliphatic hydroxyl groups is 3. The fraction of sp³-hybridized carbons (Fsp3) is 0.833. The normalized spacial score (nSPS) is 15.7. The second-order valence-electron chi connectivity index (χ2n) is 6.00. The standard InChI is InChI=1S/C12H23NO6/c1-11(2,8(16)10(18)19)5-13-9(17)7(15)12(3,4)6-14/h7-8,14-16H,5-6H2,1-4H3,(H,13,17)(H,18,19)/t7-,8-/m1/s1. The van der Waals surface area contributed by atoms with Crippen LogP contribution in [-0.2, 0) is 9.59 Å². The van der Waals surface area contributed by atoms with Crippen molar-refractivity contribution in [1.82, 2.24) is 5.32 Å². The SMILES string of the molecule is CC(C)(CNC(=O)[C@@H](O)C(C)(C)CO)[C@H](O)C(=O)O. The Morgan fingerprint density at radius 2 is 1.53 bits per heavy atom. The molecule has 0 saturated carbocycles. The number of carboxylic acids is 1. The molecule has 0 aliphatic rings. The van der Waals surface area contributed by atoms with Gasteiger partial charge in [-0.2, -0.15) is 0 Å². The third-order valence-electron chi connectivity index (χ3n) is 3.09. The molecule has 0 radical (unpaired) electrons. The van der Waals surface area contributed by atoms with Gasteiger partial charge in [0.25, 0.3) is 0 Å². The monoisotopic (exact) mass is 277 g/mol. The van der Waals surface area contributed by atoms with Gasteiger partial charge >= 0.3 is 5.97 Å². The Morgan fingerprint density at radius 1 is 1.05 bits per heavy atom. The van der Waals surface area contributed by atoms with Crippen molar-refractivity contribution >= 4 is 11.9 Å². The van der Waals surface area contributed by atoms with Crippen LogP contribution in [-0.4, -0.2) is 57.7 Å². The lowest BCUT2D eigenvalue weighted by Crippen LogP contribution is -2.50. The Bertz CT molecular complexity index is 339. The summed E-state index contributed by atoms with van der Waals surface area (Å²) in [6.07, 6.45) is -3.05. The fourth-order valence-corrected chi connectivity index (χ4v) is 1.28. The third kappa shape index (κ3) is 4.77. The van der Waals surface area contributed by atoms with Gasteiger partial charge in [-0.15, -0.1) is 0 Å². The van der Waals surface area contributed by atoms with Crippen LogP contribution in [0.25, 0.3) is 0 Å². The molecular formula is C12H23NO6. The van der Waals surface area contributed by atoms with Gasteiger partial charge in [-0.25, -0.2) is 4.79 Å². The number of aliphatic hydroxyl groups excluding tert-OH is 3. The van der Waals surface area contributed by atoms with Crippen molar-refractivity contribution in [2.75, 3.05) is 13.2 Å². The molecule has 0 saturated heterocycles. The van der Waals surface area contributed by atoms with Gasteiger partial charge in [0.1, 0.15) is 6.10 Å². The lowest BCUT2D eigenvalue weighted by molar-refractivity contribution is -0.154. The van der Waals surface area contributed by atoms with Gasteiger partial charge in [0.2, 0.25) is 5.91 Å². The smallest absolute Gasteiger partial charge is 0.333 e. The molecule has 0 aromatic carbocycles. The molecule has 0 bridgehead atoms. The minimum absolute atomic E-state index is 0.113. The molecule has 0 aliphatic heterocycles. The van der Waals surface area contributed by atoms with E-state index < -0.39 is 34.9 Å². The zero-order valence-electron chi connectivity index (χ0n) is 11.7. The lowest BCUT2D eigenvalue weighted by Gasteiger charge is -2.31. The highest BCUT2D eigenvalue weighted by Crippen LogP contribution is 2.22. The van der Waals surface area contributed by atoms with Gasteiger partial charge in [-0.1, -0.05) is 27.7 Å². The topological polar surface area (TPSA) is 127 Å². The lowest BCUT2D eigenvalue weighted by atomic mass is 9.85. The average Bonchev–Trinajstić information content (AvgIpc) is 2.33. The number of carbonyl (C=O) groups is 2. The van der Waals surface area contributed by atoms with E-state index in [-0.39, 0.29) is 13.2 Å². The number of hydrogen-bond acceptors (Lipinski definition) is 5. The van der Waals surface area contributed by atoms with E-state index in [9.17, 15) is 19.8 Å². The first-order valence-electron chi connectivity index (χ1n) is 5.93. The molecule has 112 valence electrons. The van der Waals surface area contributed by atoms with Crippen molar-refractivity contribution in [2.24, 2.45) is 10.8 Å². The van der Waals surface area contributed by atoms with Crippen molar-refractivity contribution in [3.8, 4) is 0 Å². The Labute approximate surface area is 112 Å². The zero-order chi connectivity index (χ0) is 15.4. The van der Waals surface area contributed by atoms with Crippen LogP contribution in [0.4, 0.5) is 0 Å². The number of aliphatic carboxylic acids is 1. The minimum Gasteiger partial charge on any atom is -0.479 e. The summed E-state index contributed by atoms with van der Waals surface area (Å²) < 4.78 is 0.